The average Bonchev–Trinajstić information content (AvgIpc) is 2.28. The van der Waals surface area contributed by atoms with E-state index in [0.29, 0.717) is 23.6 Å². The highest BCUT2D eigenvalue weighted by atomic mass is 32.2. The summed E-state index contributed by atoms with van der Waals surface area (Å²) in [5.74, 6) is 0.490. The van der Waals surface area contributed by atoms with Gasteiger partial charge in [-0.15, -0.1) is 0 Å². The minimum atomic E-state index is -0.0186. The lowest BCUT2D eigenvalue weighted by atomic mass is 9.94. The lowest BCUT2D eigenvalue weighted by Gasteiger charge is -2.29. The lowest BCUT2D eigenvalue weighted by molar-refractivity contribution is -0.122. The maximum atomic E-state index is 11.8. The quantitative estimate of drug-likeness (QED) is 0.794. The molecule has 3 atom stereocenters. The van der Waals surface area contributed by atoms with Gasteiger partial charge in [-0.2, -0.15) is 11.8 Å². The van der Waals surface area contributed by atoms with E-state index in [2.05, 4.69) is 25.4 Å². The van der Waals surface area contributed by atoms with Crippen LogP contribution in [0.25, 0.3) is 0 Å². The van der Waals surface area contributed by atoms with Gasteiger partial charge in [-0.25, -0.2) is 0 Å². The number of rotatable bonds is 5. The highest BCUT2D eigenvalue weighted by molar-refractivity contribution is 7.99. The van der Waals surface area contributed by atoms with E-state index in [4.69, 9.17) is 5.73 Å². The maximum Gasteiger partial charge on any atom is 0.221 e. The van der Waals surface area contributed by atoms with Crippen molar-refractivity contribution in [2.24, 2.45) is 11.7 Å². The molecule has 1 amide bonds. The van der Waals surface area contributed by atoms with Crippen LogP contribution in [0.1, 0.15) is 46.0 Å². The largest absolute Gasteiger partial charge is 0.353 e. The van der Waals surface area contributed by atoms with Crippen molar-refractivity contribution in [3.63, 3.8) is 0 Å². The van der Waals surface area contributed by atoms with Gasteiger partial charge in [0.25, 0.3) is 0 Å². The van der Waals surface area contributed by atoms with Gasteiger partial charge in [0.15, 0.2) is 0 Å². The molecule has 1 rings (SSSR count). The molecule has 0 aromatic carbocycles. The van der Waals surface area contributed by atoms with Crippen molar-refractivity contribution >= 4 is 17.7 Å². The minimum Gasteiger partial charge on any atom is -0.353 e. The molecule has 0 bridgehead atoms. The van der Waals surface area contributed by atoms with Crippen LogP contribution in [0.3, 0.4) is 0 Å². The number of carbonyl (C=O) groups is 1. The van der Waals surface area contributed by atoms with Crippen LogP contribution in [0.5, 0.6) is 0 Å². The Bertz CT molecular complexity index is 246. The summed E-state index contributed by atoms with van der Waals surface area (Å²) >= 11 is 1.92. The van der Waals surface area contributed by atoms with Gasteiger partial charge in [0.05, 0.1) is 0 Å². The van der Waals surface area contributed by atoms with Crippen LogP contribution in [-0.2, 0) is 4.79 Å². The Morgan fingerprint density at radius 1 is 1.47 bits per heavy atom. The topological polar surface area (TPSA) is 55.1 Å². The number of hydrogen-bond acceptors (Lipinski definition) is 3. The van der Waals surface area contributed by atoms with Crippen molar-refractivity contribution in [1.82, 2.24) is 5.32 Å². The molecule has 0 radical (unpaired) electrons. The van der Waals surface area contributed by atoms with Gasteiger partial charge in [-0.05, 0) is 31.4 Å². The SMILES string of the molecule is CSC1CCCC(NC(=O)CC(N)C(C)C)C1. The number of thioether (sulfide) groups is 1. The van der Waals surface area contributed by atoms with E-state index in [9.17, 15) is 4.79 Å². The third-order valence-corrected chi connectivity index (χ3v) is 4.70. The van der Waals surface area contributed by atoms with Gasteiger partial charge in [0, 0.05) is 23.8 Å². The lowest BCUT2D eigenvalue weighted by Crippen LogP contribution is -2.42. The summed E-state index contributed by atoms with van der Waals surface area (Å²) in [5.41, 5.74) is 5.91. The van der Waals surface area contributed by atoms with E-state index in [1.54, 1.807) is 0 Å². The fourth-order valence-corrected chi connectivity index (χ4v) is 3.05. The fraction of sp³-hybridized carbons (Fsp3) is 0.923. The van der Waals surface area contributed by atoms with Crippen molar-refractivity contribution in [2.45, 2.75) is 63.3 Å². The fourth-order valence-electron chi connectivity index (χ4n) is 2.23. The molecule has 3 nitrogen and oxygen atoms in total. The Hall–Kier alpha value is -0.220. The summed E-state index contributed by atoms with van der Waals surface area (Å²) in [6, 6.07) is 0.350. The summed E-state index contributed by atoms with van der Waals surface area (Å²) in [4.78, 5) is 11.8. The monoisotopic (exact) mass is 258 g/mol. The van der Waals surface area contributed by atoms with E-state index in [1.165, 1.54) is 12.8 Å². The van der Waals surface area contributed by atoms with Gasteiger partial charge >= 0.3 is 0 Å². The number of nitrogens with one attached hydrogen (secondary N) is 1. The number of nitrogens with two attached hydrogens (primary N) is 1. The first-order valence-electron chi connectivity index (χ1n) is 6.60. The summed E-state index contributed by atoms with van der Waals surface area (Å²) in [6.45, 7) is 4.12. The predicted octanol–water partition coefficient (Wildman–Crippen LogP) is 2.15. The summed E-state index contributed by atoms with van der Waals surface area (Å²) in [6.07, 6.45) is 7.37. The average molecular weight is 258 g/mol. The first kappa shape index (κ1) is 14.8. The molecular formula is C13H26N2OS. The van der Waals surface area contributed by atoms with Crippen LogP contribution >= 0.6 is 11.8 Å². The first-order valence-corrected chi connectivity index (χ1v) is 7.89. The second-order valence-corrected chi connectivity index (χ2v) is 6.54. The molecule has 3 unspecified atom stereocenters. The molecule has 3 N–H and O–H groups in total. The Morgan fingerprint density at radius 2 is 2.18 bits per heavy atom. The standard InChI is InChI=1S/C13H26N2OS/c1-9(2)12(14)8-13(16)15-10-5-4-6-11(7-10)17-3/h9-12H,4-8,14H2,1-3H3,(H,15,16). The molecule has 0 aromatic heterocycles. The molecule has 1 saturated carbocycles. The Morgan fingerprint density at radius 3 is 2.76 bits per heavy atom. The summed E-state index contributed by atoms with van der Waals surface area (Å²) < 4.78 is 0. The predicted molar refractivity (Wildman–Crippen MR) is 75.1 cm³/mol. The van der Waals surface area contributed by atoms with Crippen LogP contribution in [0.2, 0.25) is 0 Å². The highest BCUT2D eigenvalue weighted by Crippen LogP contribution is 2.26. The molecule has 0 aliphatic heterocycles. The van der Waals surface area contributed by atoms with Crippen molar-refractivity contribution in [1.29, 1.82) is 0 Å². The van der Waals surface area contributed by atoms with Crippen LogP contribution in [0, 0.1) is 5.92 Å². The summed E-state index contributed by atoms with van der Waals surface area (Å²) in [7, 11) is 0. The van der Waals surface area contributed by atoms with Gasteiger partial charge in [-0.1, -0.05) is 20.3 Å². The Labute approximate surface area is 109 Å². The molecule has 0 spiro atoms. The minimum absolute atomic E-state index is 0.0186. The van der Waals surface area contributed by atoms with Crippen molar-refractivity contribution in [3.8, 4) is 0 Å². The van der Waals surface area contributed by atoms with Gasteiger partial charge in [-0.3, -0.25) is 4.79 Å². The van der Waals surface area contributed by atoms with Crippen molar-refractivity contribution in [3.05, 3.63) is 0 Å². The second kappa shape index (κ2) is 7.27. The number of amides is 1. The normalized spacial score (nSPS) is 26.9. The van der Waals surface area contributed by atoms with Crippen LogP contribution in [-0.4, -0.2) is 29.5 Å². The van der Waals surface area contributed by atoms with Gasteiger partial charge < -0.3 is 11.1 Å². The van der Waals surface area contributed by atoms with Crippen LogP contribution in [0.15, 0.2) is 0 Å². The second-order valence-electron chi connectivity index (χ2n) is 5.40. The maximum absolute atomic E-state index is 11.8. The molecule has 1 aliphatic rings. The molecule has 0 heterocycles. The smallest absolute Gasteiger partial charge is 0.221 e. The van der Waals surface area contributed by atoms with Crippen LogP contribution in [0.4, 0.5) is 0 Å². The zero-order valence-electron chi connectivity index (χ0n) is 11.2. The molecule has 4 heteroatoms. The molecule has 1 aliphatic carbocycles. The third-order valence-electron chi connectivity index (χ3n) is 3.60. The first-order chi connectivity index (χ1) is 8.02. The van der Waals surface area contributed by atoms with E-state index >= 15 is 0 Å². The van der Waals surface area contributed by atoms with Gasteiger partial charge in [0.2, 0.25) is 5.91 Å². The Balaban J connectivity index is 2.30. The van der Waals surface area contributed by atoms with Crippen molar-refractivity contribution < 1.29 is 4.79 Å². The highest BCUT2D eigenvalue weighted by Gasteiger charge is 2.23. The van der Waals surface area contributed by atoms with Crippen LogP contribution < -0.4 is 11.1 Å². The molecular weight excluding hydrogens is 232 g/mol. The summed E-state index contributed by atoms with van der Waals surface area (Å²) in [5, 5.41) is 3.85. The van der Waals surface area contributed by atoms with E-state index < -0.39 is 0 Å². The molecule has 17 heavy (non-hydrogen) atoms. The van der Waals surface area contributed by atoms with E-state index in [1.807, 2.05) is 11.8 Å². The molecule has 0 aromatic rings. The zero-order chi connectivity index (χ0) is 12.8. The molecule has 100 valence electrons. The van der Waals surface area contributed by atoms with Gasteiger partial charge in [0.1, 0.15) is 0 Å². The number of hydrogen-bond donors (Lipinski definition) is 2. The van der Waals surface area contributed by atoms with E-state index in [0.717, 1.165) is 12.8 Å². The molecule has 1 fully saturated rings. The third kappa shape index (κ3) is 5.30. The van der Waals surface area contributed by atoms with E-state index in [-0.39, 0.29) is 11.9 Å². The van der Waals surface area contributed by atoms with Crippen molar-refractivity contribution in [2.75, 3.05) is 6.26 Å². The number of carbonyl (C=O) groups excluding carboxylic acids is 1. The zero-order valence-corrected chi connectivity index (χ0v) is 12.1. The molecule has 0 saturated heterocycles. The Kier molecular flexibility index (Phi) is 6.34.